The molecular weight excluding hydrogens is 253 g/mol. The molecule has 106 valence electrons. The fourth-order valence-corrected chi connectivity index (χ4v) is 2.23. The van der Waals surface area contributed by atoms with Crippen molar-refractivity contribution >= 4 is 5.69 Å². The number of hydrogen-bond acceptors (Lipinski definition) is 3. The quantitative estimate of drug-likeness (QED) is 0.879. The second kappa shape index (κ2) is 7.01. The van der Waals surface area contributed by atoms with Crippen LogP contribution < -0.4 is 10.6 Å². The first kappa shape index (κ1) is 14.5. The third kappa shape index (κ3) is 3.78. The molecule has 2 aromatic rings. The van der Waals surface area contributed by atoms with Gasteiger partial charge in [-0.05, 0) is 48.9 Å². The van der Waals surface area contributed by atoms with Gasteiger partial charge in [-0.3, -0.25) is 4.98 Å². The van der Waals surface area contributed by atoms with Crippen LogP contribution in [0.25, 0.3) is 0 Å². The molecule has 0 saturated heterocycles. The normalized spacial score (nSPS) is 10.6. The van der Waals surface area contributed by atoms with Crippen molar-refractivity contribution in [2.45, 2.75) is 12.8 Å². The molecule has 0 radical (unpaired) electrons. The van der Waals surface area contributed by atoms with E-state index in [0.29, 0.717) is 13.0 Å². The minimum Gasteiger partial charge on any atom is -0.374 e. The number of rotatable bonds is 6. The van der Waals surface area contributed by atoms with Gasteiger partial charge >= 0.3 is 0 Å². The molecule has 0 spiro atoms. The molecule has 0 amide bonds. The Morgan fingerprint density at radius 2 is 2.05 bits per heavy atom. The summed E-state index contributed by atoms with van der Waals surface area (Å²) in [5.41, 5.74) is 8.64. The lowest BCUT2D eigenvalue weighted by Crippen LogP contribution is -2.22. The molecular formula is C16H20FN3. The van der Waals surface area contributed by atoms with Gasteiger partial charge in [-0.2, -0.15) is 0 Å². The minimum absolute atomic E-state index is 0.213. The second-order valence-corrected chi connectivity index (χ2v) is 4.80. The fraction of sp³-hybridized carbons (Fsp3) is 0.312. The largest absolute Gasteiger partial charge is 0.374 e. The number of nitrogens with two attached hydrogens (primary N) is 1. The van der Waals surface area contributed by atoms with E-state index in [1.807, 2.05) is 31.3 Å². The topological polar surface area (TPSA) is 42.2 Å². The van der Waals surface area contributed by atoms with Crippen LogP contribution in [0.5, 0.6) is 0 Å². The highest BCUT2D eigenvalue weighted by molar-refractivity contribution is 5.53. The Labute approximate surface area is 119 Å². The maximum Gasteiger partial charge on any atom is 0.123 e. The van der Waals surface area contributed by atoms with E-state index in [0.717, 1.165) is 29.9 Å². The van der Waals surface area contributed by atoms with E-state index in [1.165, 1.54) is 6.07 Å². The highest BCUT2D eigenvalue weighted by Gasteiger charge is 2.08. The van der Waals surface area contributed by atoms with Gasteiger partial charge in [0.2, 0.25) is 0 Å². The van der Waals surface area contributed by atoms with Gasteiger partial charge in [0.05, 0.1) is 0 Å². The predicted molar refractivity (Wildman–Crippen MR) is 80.4 cm³/mol. The number of anilines is 1. The van der Waals surface area contributed by atoms with Crippen molar-refractivity contribution < 1.29 is 4.39 Å². The number of aromatic nitrogens is 1. The average Bonchev–Trinajstić information content (AvgIpc) is 2.46. The number of halogens is 1. The van der Waals surface area contributed by atoms with Gasteiger partial charge in [0.25, 0.3) is 0 Å². The van der Waals surface area contributed by atoms with Crippen LogP contribution >= 0.6 is 0 Å². The van der Waals surface area contributed by atoms with E-state index in [9.17, 15) is 4.39 Å². The monoisotopic (exact) mass is 273 g/mol. The van der Waals surface area contributed by atoms with Crippen molar-refractivity contribution in [1.82, 2.24) is 4.98 Å². The number of hydrogen-bond donors (Lipinski definition) is 1. The van der Waals surface area contributed by atoms with Crippen LogP contribution in [-0.2, 0) is 12.8 Å². The van der Waals surface area contributed by atoms with Gasteiger partial charge in [0.1, 0.15) is 5.82 Å². The summed E-state index contributed by atoms with van der Waals surface area (Å²) in [7, 11) is 2.01. The summed E-state index contributed by atoms with van der Waals surface area (Å²) in [6, 6.07) is 10.8. The van der Waals surface area contributed by atoms with E-state index < -0.39 is 0 Å². The molecule has 0 aliphatic rings. The lowest BCUT2D eigenvalue weighted by atomic mass is 10.1. The van der Waals surface area contributed by atoms with Crippen LogP contribution in [0.1, 0.15) is 11.3 Å². The molecule has 1 aromatic heterocycles. The van der Waals surface area contributed by atoms with Crippen LogP contribution in [0.4, 0.5) is 10.1 Å². The van der Waals surface area contributed by atoms with Crippen molar-refractivity contribution in [3.8, 4) is 0 Å². The zero-order valence-electron chi connectivity index (χ0n) is 11.7. The maximum absolute atomic E-state index is 13.3. The third-order valence-electron chi connectivity index (χ3n) is 3.30. The molecule has 3 nitrogen and oxygen atoms in total. The first-order valence-electron chi connectivity index (χ1n) is 6.80. The molecule has 0 unspecified atom stereocenters. The van der Waals surface area contributed by atoms with Gasteiger partial charge in [-0.25, -0.2) is 4.39 Å². The standard InChI is InChI=1S/C16H20FN3/c1-20(11-8-15-4-2-3-10-19-15)16-6-5-14(17)12-13(16)7-9-18/h2-6,10,12H,7-9,11,18H2,1H3. The molecule has 1 heterocycles. The lowest BCUT2D eigenvalue weighted by molar-refractivity contribution is 0.625. The molecule has 0 saturated carbocycles. The average molecular weight is 273 g/mol. The third-order valence-corrected chi connectivity index (χ3v) is 3.30. The van der Waals surface area contributed by atoms with Gasteiger partial charge in [0.15, 0.2) is 0 Å². The highest BCUT2D eigenvalue weighted by atomic mass is 19.1. The Balaban J connectivity index is 2.06. The molecule has 1 aromatic carbocycles. The Kier molecular flexibility index (Phi) is 5.07. The molecule has 2 rings (SSSR count). The Bertz CT molecular complexity index is 543. The number of likely N-dealkylation sites (N-methyl/N-ethyl adjacent to an activating group) is 1. The van der Waals surface area contributed by atoms with Crippen molar-refractivity contribution in [2.24, 2.45) is 5.73 Å². The Morgan fingerprint density at radius 1 is 1.20 bits per heavy atom. The van der Waals surface area contributed by atoms with Crippen LogP contribution in [0.2, 0.25) is 0 Å². The molecule has 0 aliphatic carbocycles. The van der Waals surface area contributed by atoms with Crippen molar-refractivity contribution in [3.05, 3.63) is 59.7 Å². The van der Waals surface area contributed by atoms with Gasteiger partial charge in [0, 0.05) is 37.6 Å². The molecule has 2 N–H and O–H groups in total. The minimum atomic E-state index is -0.213. The Morgan fingerprint density at radius 3 is 2.75 bits per heavy atom. The first-order valence-corrected chi connectivity index (χ1v) is 6.80. The molecule has 4 heteroatoms. The summed E-state index contributed by atoms with van der Waals surface area (Å²) in [6.07, 6.45) is 3.34. The maximum atomic E-state index is 13.3. The van der Waals surface area contributed by atoms with E-state index in [4.69, 9.17) is 5.73 Å². The Hall–Kier alpha value is -1.94. The zero-order chi connectivity index (χ0) is 14.4. The summed E-state index contributed by atoms with van der Waals surface area (Å²) in [5.74, 6) is -0.213. The van der Waals surface area contributed by atoms with Crippen molar-refractivity contribution in [1.29, 1.82) is 0 Å². The SMILES string of the molecule is CN(CCc1ccccn1)c1ccc(F)cc1CCN. The van der Waals surface area contributed by atoms with Crippen LogP contribution in [0, 0.1) is 5.82 Å². The van der Waals surface area contributed by atoms with Crippen molar-refractivity contribution in [3.63, 3.8) is 0 Å². The highest BCUT2D eigenvalue weighted by Crippen LogP contribution is 2.21. The van der Waals surface area contributed by atoms with E-state index in [1.54, 1.807) is 12.3 Å². The molecule has 0 aliphatic heterocycles. The van der Waals surface area contributed by atoms with Crippen LogP contribution in [0.3, 0.4) is 0 Å². The number of pyridine rings is 1. The molecule has 0 atom stereocenters. The zero-order valence-corrected chi connectivity index (χ0v) is 11.7. The molecule has 20 heavy (non-hydrogen) atoms. The first-order chi connectivity index (χ1) is 9.70. The van der Waals surface area contributed by atoms with E-state index >= 15 is 0 Å². The van der Waals surface area contributed by atoms with Gasteiger partial charge < -0.3 is 10.6 Å². The lowest BCUT2D eigenvalue weighted by Gasteiger charge is -2.22. The summed E-state index contributed by atoms with van der Waals surface area (Å²) in [6.45, 7) is 1.35. The second-order valence-electron chi connectivity index (χ2n) is 4.80. The summed E-state index contributed by atoms with van der Waals surface area (Å²) in [5, 5.41) is 0. The number of nitrogens with zero attached hydrogens (tertiary/aromatic N) is 2. The summed E-state index contributed by atoms with van der Waals surface area (Å²) in [4.78, 5) is 6.43. The summed E-state index contributed by atoms with van der Waals surface area (Å²) < 4.78 is 13.3. The summed E-state index contributed by atoms with van der Waals surface area (Å²) >= 11 is 0. The van der Waals surface area contributed by atoms with Gasteiger partial charge in [-0.15, -0.1) is 0 Å². The predicted octanol–water partition coefficient (Wildman–Crippen LogP) is 2.40. The fourth-order valence-electron chi connectivity index (χ4n) is 2.23. The van der Waals surface area contributed by atoms with E-state index in [2.05, 4.69) is 9.88 Å². The number of benzene rings is 1. The smallest absolute Gasteiger partial charge is 0.123 e. The van der Waals surface area contributed by atoms with Crippen LogP contribution in [-0.4, -0.2) is 25.1 Å². The van der Waals surface area contributed by atoms with Gasteiger partial charge in [-0.1, -0.05) is 6.07 Å². The van der Waals surface area contributed by atoms with Crippen LogP contribution in [0.15, 0.2) is 42.6 Å². The molecule has 0 fully saturated rings. The van der Waals surface area contributed by atoms with E-state index in [-0.39, 0.29) is 5.82 Å². The van der Waals surface area contributed by atoms with Crippen molar-refractivity contribution in [2.75, 3.05) is 25.0 Å². The molecule has 0 bridgehead atoms.